The minimum Gasteiger partial charge on any atom is -0.486 e. The summed E-state index contributed by atoms with van der Waals surface area (Å²) >= 11 is 0. The van der Waals surface area contributed by atoms with Crippen molar-refractivity contribution in [3.05, 3.63) is 146 Å². The zero-order valence-corrected chi connectivity index (χ0v) is 29.4. The largest absolute Gasteiger partial charge is 0.864 e. The maximum absolute atomic E-state index is 15.4. The standard InChI is InChI=1S/C33H9BF18O3.C4H5N/c1-4-13(35)7-10(22(44)16(4)38)31(28(50)25(47)19(7)41)53-34(54-32-11-8(20(42)26(48)29(32)51)14(36)5(2)17(39)23(11)45)55-33-12-9(21(43)27(49)30(33)52)15(37)6(3)18(40)24(12)46;1-2-4-5-3-1/h1-3H3;1-5H. The summed E-state index contributed by atoms with van der Waals surface area (Å²) in [6.07, 6.45) is 3.75. The predicted octanol–water partition coefficient (Wildman–Crippen LogP) is 12.1. The van der Waals surface area contributed by atoms with Crippen molar-refractivity contribution >= 4 is 39.6 Å². The van der Waals surface area contributed by atoms with E-state index >= 15 is 39.5 Å². The molecule has 1 heterocycles. The number of hydrogen-bond donors (Lipinski definition) is 1. The molecule has 0 unspecified atom stereocenters. The van der Waals surface area contributed by atoms with Crippen molar-refractivity contribution < 1.29 is 93.0 Å². The van der Waals surface area contributed by atoms with Crippen LogP contribution in [0.5, 0.6) is 17.2 Å². The van der Waals surface area contributed by atoms with Gasteiger partial charge >= 0.3 is 7.32 Å². The molecule has 1 aromatic heterocycles. The van der Waals surface area contributed by atoms with Crippen molar-refractivity contribution in [2.45, 2.75) is 20.8 Å². The summed E-state index contributed by atoms with van der Waals surface area (Å²) in [6, 6.07) is 3.89. The number of hydrogen-bond acceptors (Lipinski definition) is 3. The van der Waals surface area contributed by atoms with Gasteiger partial charge in [-0.1, -0.05) is 0 Å². The molecular weight excluding hydrogens is 859 g/mol. The van der Waals surface area contributed by atoms with E-state index in [0.29, 0.717) is 20.8 Å². The first-order valence-corrected chi connectivity index (χ1v) is 16.0. The van der Waals surface area contributed by atoms with Crippen molar-refractivity contribution in [2.75, 3.05) is 0 Å². The molecule has 0 spiro atoms. The van der Waals surface area contributed by atoms with Crippen LogP contribution < -0.4 is 14.0 Å². The van der Waals surface area contributed by atoms with Crippen LogP contribution in [0.2, 0.25) is 0 Å². The van der Waals surface area contributed by atoms with Gasteiger partial charge in [0.2, 0.25) is 17.5 Å². The number of fused-ring (bicyclic) bond motifs is 3. The van der Waals surface area contributed by atoms with Gasteiger partial charge in [0.1, 0.15) is 17.5 Å². The van der Waals surface area contributed by atoms with Gasteiger partial charge in [0, 0.05) is 29.1 Å². The Morgan fingerprint density at radius 3 is 0.750 bits per heavy atom. The number of aromatic nitrogens is 1. The Morgan fingerprint density at radius 2 is 0.533 bits per heavy atom. The van der Waals surface area contributed by atoms with Crippen LogP contribution in [0.3, 0.4) is 0 Å². The predicted molar refractivity (Wildman–Crippen MR) is 174 cm³/mol. The van der Waals surface area contributed by atoms with E-state index in [4.69, 9.17) is 0 Å². The fourth-order valence-corrected chi connectivity index (χ4v) is 5.81. The second-order valence-corrected chi connectivity index (χ2v) is 12.3. The first-order chi connectivity index (χ1) is 28.1. The third-order valence-electron chi connectivity index (χ3n) is 8.85. The van der Waals surface area contributed by atoms with Gasteiger partial charge in [0.25, 0.3) is 0 Å². The maximum atomic E-state index is 15.4. The molecule has 0 bridgehead atoms. The molecule has 0 fully saturated rings. The SMILES string of the molecule is Cc1c(F)c(F)c2c(OB(Oc3c(F)c(F)c(F)c4c(F)c(C)c(F)c(F)c34)Oc3c(F)c(F)c(F)c4c(F)c(C)c(F)c(F)c34)c(F)c(F)c(F)c2c1F.c1cc[nH]c1. The number of aromatic amines is 1. The molecule has 6 aromatic carbocycles. The molecule has 0 amide bonds. The molecule has 60 heavy (non-hydrogen) atoms. The lowest BCUT2D eigenvalue weighted by molar-refractivity contribution is 0.281. The van der Waals surface area contributed by atoms with Gasteiger partial charge in [0.15, 0.2) is 87.1 Å². The Hall–Kier alpha value is -6.42. The maximum Gasteiger partial charge on any atom is 0.864 e. The molecule has 23 heteroatoms. The van der Waals surface area contributed by atoms with E-state index in [2.05, 4.69) is 18.9 Å². The highest BCUT2D eigenvalue weighted by Crippen LogP contribution is 2.44. The van der Waals surface area contributed by atoms with Crippen molar-refractivity contribution in [1.29, 1.82) is 0 Å². The first kappa shape index (κ1) is 43.2. The number of nitrogens with one attached hydrogen (secondary N) is 1. The number of rotatable bonds is 6. The Morgan fingerprint density at radius 1 is 0.300 bits per heavy atom. The van der Waals surface area contributed by atoms with Gasteiger partial charge in [0.05, 0.1) is 32.3 Å². The molecule has 0 aliphatic carbocycles. The Balaban J connectivity index is 0.00000112. The molecule has 0 aliphatic heterocycles. The van der Waals surface area contributed by atoms with E-state index in [-0.39, 0.29) is 0 Å². The monoisotopic (exact) mass is 873 g/mol. The number of benzene rings is 6. The van der Waals surface area contributed by atoms with Crippen molar-refractivity contribution in [3.63, 3.8) is 0 Å². The summed E-state index contributed by atoms with van der Waals surface area (Å²) in [4.78, 5) is 2.86. The molecule has 0 saturated carbocycles. The van der Waals surface area contributed by atoms with Crippen LogP contribution in [0.15, 0.2) is 24.5 Å². The quantitative estimate of drug-likeness (QED) is 0.0783. The average molecular weight is 873 g/mol. The van der Waals surface area contributed by atoms with E-state index in [1.165, 1.54) is 0 Å². The smallest absolute Gasteiger partial charge is 0.486 e. The highest BCUT2D eigenvalue weighted by molar-refractivity contribution is 6.40. The number of halogens is 18. The molecule has 7 aromatic rings. The zero-order chi connectivity index (χ0) is 44.6. The molecular formula is C37H14BF18NO3. The van der Waals surface area contributed by atoms with Gasteiger partial charge in [-0.2, -0.15) is 13.2 Å². The Bertz CT molecular complexity index is 2610. The highest BCUT2D eigenvalue weighted by atomic mass is 19.2. The van der Waals surface area contributed by atoms with Gasteiger partial charge < -0.3 is 18.9 Å². The van der Waals surface area contributed by atoms with Gasteiger partial charge in [-0.05, 0) is 32.9 Å². The molecule has 0 saturated heterocycles. The van der Waals surface area contributed by atoms with E-state index in [1.807, 2.05) is 24.5 Å². The van der Waals surface area contributed by atoms with E-state index in [0.717, 1.165) is 0 Å². The normalized spacial score (nSPS) is 11.4. The van der Waals surface area contributed by atoms with Gasteiger partial charge in [-0.15, -0.1) is 0 Å². The lowest BCUT2D eigenvalue weighted by Gasteiger charge is -2.22. The molecule has 0 atom stereocenters. The summed E-state index contributed by atoms with van der Waals surface area (Å²) in [7, 11) is -3.92. The minimum atomic E-state index is -3.92. The topological polar surface area (TPSA) is 43.5 Å². The van der Waals surface area contributed by atoms with E-state index < -0.39 is 178 Å². The third kappa shape index (κ3) is 6.49. The molecule has 0 radical (unpaired) electrons. The average Bonchev–Trinajstić information content (AvgIpc) is 3.82. The fraction of sp³-hybridized carbons (Fsp3) is 0.0811. The van der Waals surface area contributed by atoms with Crippen LogP contribution >= 0.6 is 0 Å². The first-order valence-electron chi connectivity index (χ1n) is 16.0. The van der Waals surface area contributed by atoms with Crippen LogP contribution in [0, 0.1) is 125 Å². The van der Waals surface area contributed by atoms with E-state index in [1.54, 1.807) is 0 Å². The lowest BCUT2D eigenvalue weighted by Crippen LogP contribution is -2.38. The third-order valence-corrected chi connectivity index (χ3v) is 8.85. The molecule has 7 rings (SSSR count). The molecule has 314 valence electrons. The summed E-state index contributed by atoms with van der Waals surface area (Å²) in [5.41, 5.74) is -4.17. The van der Waals surface area contributed by atoms with Crippen LogP contribution in [0.1, 0.15) is 16.7 Å². The van der Waals surface area contributed by atoms with Gasteiger partial charge in [-0.3, -0.25) is 0 Å². The van der Waals surface area contributed by atoms with Crippen molar-refractivity contribution in [3.8, 4) is 17.2 Å². The summed E-state index contributed by atoms with van der Waals surface area (Å²) in [5.74, 6) is -52.8. The van der Waals surface area contributed by atoms with Crippen molar-refractivity contribution in [2.24, 2.45) is 0 Å². The van der Waals surface area contributed by atoms with Crippen LogP contribution in [-0.2, 0) is 0 Å². The molecule has 1 N–H and O–H groups in total. The Labute approximate surface area is 321 Å². The fourth-order valence-electron chi connectivity index (χ4n) is 5.81. The zero-order valence-electron chi connectivity index (χ0n) is 29.4. The summed E-state index contributed by atoms with van der Waals surface area (Å²) in [5, 5.41) is -12.3. The van der Waals surface area contributed by atoms with Crippen molar-refractivity contribution in [1.82, 2.24) is 4.98 Å². The molecule has 4 nitrogen and oxygen atoms in total. The number of H-pyrrole nitrogens is 1. The highest BCUT2D eigenvalue weighted by Gasteiger charge is 2.42. The summed E-state index contributed by atoms with van der Waals surface area (Å²) < 4.78 is 284. The van der Waals surface area contributed by atoms with Crippen LogP contribution in [0.25, 0.3) is 32.3 Å². The minimum absolute atomic E-state index is 0.459. The second-order valence-electron chi connectivity index (χ2n) is 12.3. The van der Waals surface area contributed by atoms with E-state index in [9.17, 15) is 39.5 Å². The second kappa shape index (κ2) is 15.6. The molecule has 0 aliphatic rings. The van der Waals surface area contributed by atoms with Crippen LogP contribution in [0.4, 0.5) is 79.0 Å². The van der Waals surface area contributed by atoms with Gasteiger partial charge in [-0.25, -0.2) is 65.9 Å². The van der Waals surface area contributed by atoms with Crippen LogP contribution in [-0.4, -0.2) is 12.3 Å². The Kier molecular flexibility index (Phi) is 11.3. The lowest BCUT2D eigenvalue weighted by atomic mass is 10.0. The summed E-state index contributed by atoms with van der Waals surface area (Å²) in [6.45, 7) is 1.38.